The van der Waals surface area contributed by atoms with Crippen molar-refractivity contribution in [3.05, 3.63) is 6.42 Å². The molecule has 0 bridgehead atoms. The minimum Gasteiger partial charge on any atom is -0.325 e. The molecule has 0 amide bonds. The van der Waals surface area contributed by atoms with Gasteiger partial charge in [0, 0.05) is 20.4 Å². The molecule has 0 aliphatic heterocycles. The van der Waals surface area contributed by atoms with Crippen molar-refractivity contribution in [3.8, 4) is 0 Å². The molecule has 0 heterocycles. The Morgan fingerprint density at radius 3 is 2.30 bits per heavy atom. The van der Waals surface area contributed by atoms with Gasteiger partial charge in [0.15, 0.2) is 0 Å². The van der Waals surface area contributed by atoms with E-state index in [0.29, 0.717) is 0 Å². The number of rotatable bonds is 1. The first-order chi connectivity index (χ1) is 4.30. The maximum absolute atomic E-state index is 2.51. The third kappa shape index (κ3) is 3.17. The van der Waals surface area contributed by atoms with Gasteiger partial charge >= 0.3 is 0 Å². The average molecular weight is 311 g/mol. The summed E-state index contributed by atoms with van der Waals surface area (Å²) in [5.74, 6) is 1.81. The Morgan fingerprint density at radius 2 is 2.00 bits per heavy atom. The molecule has 1 aliphatic rings. The zero-order valence-electron chi connectivity index (χ0n) is 6.94. The predicted molar refractivity (Wildman–Crippen MR) is 41.1 cm³/mol. The monoisotopic (exact) mass is 312 g/mol. The zero-order valence-corrected chi connectivity index (χ0v) is 9.65. The Labute approximate surface area is 78.4 Å². The molecule has 61 valence electrons. The molecule has 0 aromatic heterocycles. The van der Waals surface area contributed by atoms with Crippen LogP contribution in [0.5, 0.6) is 0 Å². The summed E-state index contributed by atoms with van der Waals surface area (Å²) in [4.78, 5) is 0. The molecule has 1 unspecified atom stereocenters. The fourth-order valence-corrected chi connectivity index (χ4v) is 1.58. The first kappa shape index (κ1) is 10.7. The largest absolute Gasteiger partial charge is 0.325 e. The van der Waals surface area contributed by atoms with E-state index in [4.69, 9.17) is 0 Å². The average Bonchev–Trinajstić information content (AvgIpc) is 1.90. The molecule has 1 fully saturated rings. The molecule has 1 saturated carbocycles. The smallest absolute Gasteiger partial charge is 0 e. The molecule has 0 saturated heterocycles. The summed E-state index contributed by atoms with van der Waals surface area (Å²) in [6, 6.07) is 0. The van der Waals surface area contributed by atoms with Gasteiger partial charge in [0.1, 0.15) is 0 Å². The zero-order chi connectivity index (χ0) is 6.69. The van der Waals surface area contributed by atoms with Crippen molar-refractivity contribution >= 4 is 0 Å². The quantitative estimate of drug-likeness (QED) is 0.653. The van der Waals surface area contributed by atoms with Crippen LogP contribution in [-0.4, -0.2) is 0 Å². The molecule has 0 aromatic rings. The van der Waals surface area contributed by atoms with E-state index in [1.54, 1.807) is 0 Å². The summed E-state index contributed by atoms with van der Waals surface area (Å²) in [5, 5.41) is 0. The van der Waals surface area contributed by atoms with E-state index >= 15 is 0 Å². The van der Waals surface area contributed by atoms with Crippen LogP contribution < -0.4 is 0 Å². The van der Waals surface area contributed by atoms with Crippen molar-refractivity contribution in [1.29, 1.82) is 0 Å². The van der Waals surface area contributed by atoms with Crippen LogP contribution in [0.4, 0.5) is 0 Å². The second-order valence-electron chi connectivity index (χ2n) is 3.43. The fraction of sp³-hybridized carbons (Fsp3) is 0.889. The third-order valence-corrected chi connectivity index (χ3v) is 2.32. The molecule has 10 heavy (non-hydrogen) atoms. The van der Waals surface area contributed by atoms with E-state index in [0.717, 1.165) is 11.8 Å². The van der Waals surface area contributed by atoms with E-state index in [9.17, 15) is 0 Å². The minimum absolute atomic E-state index is 0. The van der Waals surface area contributed by atoms with Crippen molar-refractivity contribution in [1.82, 2.24) is 0 Å². The van der Waals surface area contributed by atoms with Crippen LogP contribution in [0.1, 0.15) is 39.5 Å². The van der Waals surface area contributed by atoms with Crippen LogP contribution in [0.15, 0.2) is 0 Å². The van der Waals surface area contributed by atoms with Crippen molar-refractivity contribution in [3.63, 3.8) is 0 Å². The van der Waals surface area contributed by atoms with Gasteiger partial charge in [-0.15, -0.1) is 0 Å². The van der Waals surface area contributed by atoms with Gasteiger partial charge < -0.3 is 6.42 Å². The van der Waals surface area contributed by atoms with Gasteiger partial charge in [0.2, 0.25) is 0 Å². The van der Waals surface area contributed by atoms with Crippen molar-refractivity contribution in [2.24, 2.45) is 11.8 Å². The summed E-state index contributed by atoms with van der Waals surface area (Å²) in [6.07, 6.45) is 8.21. The molecule has 1 heteroatoms. The van der Waals surface area contributed by atoms with E-state index in [1.165, 1.54) is 25.7 Å². The van der Waals surface area contributed by atoms with Crippen LogP contribution in [0, 0.1) is 18.3 Å². The molecule has 1 aliphatic carbocycles. The first-order valence-electron chi connectivity index (χ1n) is 4.14. The SMILES string of the molecule is CC(C)C1[CH-]CCCC1.[Re]. The molecule has 1 rings (SSSR count). The van der Waals surface area contributed by atoms with E-state index in [2.05, 4.69) is 20.3 Å². The van der Waals surface area contributed by atoms with Gasteiger partial charge in [0.25, 0.3) is 0 Å². The molecular formula is C9H17Re-. The molecule has 0 aromatic carbocycles. The maximum Gasteiger partial charge on any atom is 0 e. The van der Waals surface area contributed by atoms with Crippen LogP contribution >= 0.6 is 0 Å². The van der Waals surface area contributed by atoms with Crippen LogP contribution in [0.3, 0.4) is 0 Å². The molecule has 0 nitrogen and oxygen atoms in total. The van der Waals surface area contributed by atoms with Crippen LogP contribution in [0.25, 0.3) is 0 Å². The van der Waals surface area contributed by atoms with Crippen molar-refractivity contribution in [2.45, 2.75) is 39.5 Å². The summed E-state index contributed by atoms with van der Waals surface area (Å²) in [6.45, 7) is 4.65. The second kappa shape index (κ2) is 5.33. The fourth-order valence-electron chi connectivity index (χ4n) is 1.58. The standard InChI is InChI=1S/C9H17.Re/c1-8(2)9-6-4-3-5-7-9;/h6,8-9H,3-5,7H2,1-2H3;/q-1;. The summed E-state index contributed by atoms with van der Waals surface area (Å²) in [5.41, 5.74) is 0. The molecular weight excluding hydrogens is 294 g/mol. The topological polar surface area (TPSA) is 0 Å². The first-order valence-corrected chi connectivity index (χ1v) is 4.14. The normalized spacial score (nSPS) is 26.1. The Balaban J connectivity index is 0.000000810. The van der Waals surface area contributed by atoms with Crippen molar-refractivity contribution in [2.75, 3.05) is 0 Å². The number of hydrogen-bond donors (Lipinski definition) is 0. The second-order valence-corrected chi connectivity index (χ2v) is 3.43. The van der Waals surface area contributed by atoms with Crippen molar-refractivity contribution < 1.29 is 20.4 Å². The van der Waals surface area contributed by atoms with Gasteiger partial charge in [-0.2, -0.15) is 12.3 Å². The maximum atomic E-state index is 2.51. The summed E-state index contributed by atoms with van der Waals surface area (Å²) in [7, 11) is 0. The van der Waals surface area contributed by atoms with Gasteiger partial charge in [-0.05, 0) is 0 Å². The van der Waals surface area contributed by atoms with E-state index in [-0.39, 0.29) is 20.4 Å². The van der Waals surface area contributed by atoms with Gasteiger partial charge in [-0.3, -0.25) is 0 Å². The van der Waals surface area contributed by atoms with Gasteiger partial charge in [0.05, 0.1) is 0 Å². The van der Waals surface area contributed by atoms with Gasteiger partial charge in [-0.25, -0.2) is 0 Å². The molecule has 0 spiro atoms. The minimum atomic E-state index is 0. The van der Waals surface area contributed by atoms with E-state index in [1.807, 2.05) is 0 Å². The predicted octanol–water partition coefficient (Wildman–Crippen LogP) is 3.03. The van der Waals surface area contributed by atoms with Gasteiger partial charge in [-0.1, -0.05) is 39.0 Å². The molecule has 1 radical (unpaired) electrons. The Bertz CT molecular complexity index is 72.8. The number of hydrogen-bond acceptors (Lipinski definition) is 0. The van der Waals surface area contributed by atoms with Crippen LogP contribution in [0.2, 0.25) is 0 Å². The summed E-state index contributed by atoms with van der Waals surface area (Å²) >= 11 is 0. The Kier molecular flexibility index (Phi) is 5.68. The van der Waals surface area contributed by atoms with Crippen LogP contribution in [-0.2, 0) is 20.4 Å². The van der Waals surface area contributed by atoms with E-state index < -0.39 is 0 Å². The Morgan fingerprint density at radius 1 is 1.30 bits per heavy atom. The molecule has 0 N–H and O–H groups in total. The Hall–Kier alpha value is 0.662. The summed E-state index contributed by atoms with van der Waals surface area (Å²) < 4.78 is 0. The molecule has 1 atom stereocenters. The third-order valence-electron chi connectivity index (χ3n) is 2.32.